The Bertz CT molecular complexity index is 361. The maximum absolute atomic E-state index is 11.0. The molecule has 9 heteroatoms. The molecule has 0 spiro atoms. The number of ether oxygens (including phenoxy) is 1. The van der Waals surface area contributed by atoms with Crippen LogP contribution in [-0.4, -0.2) is 71.4 Å². The molecule has 2 N–H and O–H groups in total. The quantitative estimate of drug-likeness (QED) is 0.267. The summed E-state index contributed by atoms with van der Waals surface area (Å²) in [4.78, 5) is 21.2. The standard InChI is InChI=1S/C7H10O7S.Na.H/c1-2-3-14-7(10)5(4-6(8)9)15(11,12)13;;/h2,5H,1,3-4H2,(H,8,9)(H,11,12,13);;. The van der Waals surface area contributed by atoms with E-state index in [-0.39, 0.29) is 36.2 Å². The summed E-state index contributed by atoms with van der Waals surface area (Å²) in [7, 11) is -4.78. The van der Waals surface area contributed by atoms with E-state index < -0.39 is 33.7 Å². The van der Waals surface area contributed by atoms with Crippen LogP contribution in [0.4, 0.5) is 0 Å². The minimum atomic E-state index is -4.78. The second-order valence-electron chi connectivity index (χ2n) is 2.52. The molecule has 0 aliphatic carbocycles. The molecule has 0 radical (unpaired) electrons. The molecule has 1 atom stereocenters. The van der Waals surface area contributed by atoms with Crippen LogP contribution in [0.5, 0.6) is 0 Å². The topological polar surface area (TPSA) is 118 Å². The number of aliphatic carboxylic acids is 1. The van der Waals surface area contributed by atoms with Crippen LogP contribution in [0.3, 0.4) is 0 Å². The summed E-state index contributed by atoms with van der Waals surface area (Å²) >= 11 is 0. The van der Waals surface area contributed by atoms with Crippen LogP contribution in [-0.2, 0) is 24.4 Å². The summed E-state index contributed by atoms with van der Waals surface area (Å²) in [6, 6.07) is 0. The van der Waals surface area contributed by atoms with Gasteiger partial charge in [-0.2, -0.15) is 8.42 Å². The summed E-state index contributed by atoms with van der Waals surface area (Å²) in [5.41, 5.74) is 0. The SMILES string of the molecule is C=CCOC(=O)C(CC(=O)O)S(=O)(=O)O.[NaH]. The number of hydrogen-bond donors (Lipinski definition) is 2. The molecule has 0 fully saturated rings. The molecule has 7 nitrogen and oxygen atoms in total. The van der Waals surface area contributed by atoms with Crippen molar-refractivity contribution in [1.29, 1.82) is 0 Å². The Hall–Kier alpha value is -0.410. The molecule has 0 bridgehead atoms. The first kappa shape index (κ1) is 18.0. The van der Waals surface area contributed by atoms with Crippen molar-refractivity contribution in [2.24, 2.45) is 0 Å². The molecule has 0 aromatic heterocycles. The first-order valence-electron chi connectivity index (χ1n) is 3.74. The molecule has 0 heterocycles. The van der Waals surface area contributed by atoms with E-state index >= 15 is 0 Å². The van der Waals surface area contributed by atoms with Crippen molar-refractivity contribution in [3.05, 3.63) is 12.7 Å². The molecule has 1 unspecified atom stereocenters. The van der Waals surface area contributed by atoms with E-state index in [1.165, 1.54) is 6.08 Å². The van der Waals surface area contributed by atoms with Crippen LogP contribution >= 0.6 is 0 Å². The summed E-state index contributed by atoms with van der Waals surface area (Å²) in [6.07, 6.45) is 0.133. The van der Waals surface area contributed by atoms with Crippen molar-refractivity contribution in [3.8, 4) is 0 Å². The Morgan fingerprint density at radius 1 is 1.44 bits per heavy atom. The molecule has 88 valence electrons. The third-order valence-corrected chi connectivity index (χ3v) is 2.40. The van der Waals surface area contributed by atoms with Crippen LogP contribution in [0.1, 0.15) is 6.42 Å². The predicted molar refractivity (Wildman–Crippen MR) is 55.9 cm³/mol. The zero-order chi connectivity index (χ0) is 12.1. The van der Waals surface area contributed by atoms with Gasteiger partial charge in [0.15, 0.2) is 5.25 Å². The Balaban J connectivity index is 0. The molecule has 0 rings (SSSR count). The zero-order valence-electron chi connectivity index (χ0n) is 7.62. The molecular formula is C7H11NaO7S. The molecule has 0 aliphatic rings. The molecule has 16 heavy (non-hydrogen) atoms. The van der Waals surface area contributed by atoms with Gasteiger partial charge >= 0.3 is 41.5 Å². The number of esters is 1. The second kappa shape index (κ2) is 7.80. The molecule has 0 saturated heterocycles. The van der Waals surface area contributed by atoms with Crippen LogP contribution in [0.2, 0.25) is 0 Å². The third-order valence-electron chi connectivity index (χ3n) is 1.33. The van der Waals surface area contributed by atoms with Gasteiger partial charge in [0.1, 0.15) is 6.61 Å². The third kappa shape index (κ3) is 6.96. The second-order valence-corrected chi connectivity index (χ2v) is 4.12. The van der Waals surface area contributed by atoms with Crippen molar-refractivity contribution in [2.45, 2.75) is 11.7 Å². The Labute approximate surface area is 115 Å². The summed E-state index contributed by atoms with van der Waals surface area (Å²) in [6.45, 7) is 2.95. The number of carboxylic acid groups (broad SMARTS) is 1. The van der Waals surface area contributed by atoms with Crippen LogP contribution in [0.25, 0.3) is 0 Å². The Morgan fingerprint density at radius 3 is 2.25 bits per heavy atom. The zero-order valence-corrected chi connectivity index (χ0v) is 8.44. The van der Waals surface area contributed by atoms with Crippen molar-refractivity contribution in [3.63, 3.8) is 0 Å². The van der Waals surface area contributed by atoms with Gasteiger partial charge in [-0.1, -0.05) is 12.7 Å². The maximum atomic E-state index is 11.0. The van der Waals surface area contributed by atoms with E-state index in [0.29, 0.717) is 0 Å². The van der Waals surface area contributed by atoms with E-state index in [0.717, 1.165) is 0 Å². The van der Waals surface area contributed by atoms with Crippen molar-refractivity contribution < 1.29 is 32.4 Å². The number of hydrogen-bond acceptors (Lipinski definition) is 5. The summed E-state index contributed by atoms with van der Waals surface area (Å²) in [5.74, 6) is -2.85. The van der Waals surface area contributed by atoms with Crippen LogP contribution < -0.4 is 0 Å². The van der Waals surface area contributed by atoms with Gasteiger partial charge in [0.25, 0.3) is 10.1 Å². The number of carbonyl (C=O) groups is 2. The van der Waals surface area contributed by atoms with E-state index in [4.69, 9.17) is 9.66 Å². The fourth-order valence-corrected chi connectivity index (χ4v) is 1.37. The Kier molecular flexibility index (Phi) is 8.76. The van der Waals surface area contributed by atoms with Crippen molar-refractivity contribution in [2.75, 3.05) is 6.61 Å². The average molecular weight is 262 g/mol. The molecule has 0 amide bonds. The fraction of sp³-hybridized carbons (Fsp3) is 0.429. The van der Waals surface area contributed by atoms with Gasteiger partial charge in [-0.15, -0.1) is 0 Å². The van der Waals surface area contributed by atoms with E-state index in [1.54, 1.807) is 0 Å². The molecule has 0 aromatic rings. The molecular weight excluding hydrogens is 251 g/mol. The fourth-order valence-electron chi connectivity index (χ4n) is 0.703. The van der Waals surface area contributed by atoms with Crippen LogP contribution in [0, 0.1) is 0 Å². The van der Waals surface area contributed by atoms with E-state index in [1.807, 2.05) is 0 Å². The van der Waals surface area contributed by atoms with Gasteiger partial charge in [-0.25, -0.2) is 0 Å². The van der Waals surface area contributed by atoms with Gasteiger partial charge < -0.3 is 9.84 Å². The summed E-state index contributed by atoms with van der Waals surface area (Å²) in [5, 5.41) is 6.22. The van der Waals surface area contributed by atoms with Crippen molar-refractivity contribution >= 4 is 51.6 Å². The number of carboxylic acids is 1. The van der Waals surface area contributed by atoms with Gasteiger partial charge in [-0.3, -0.25) is 14.1 Å². The normalized spacial score (nSPS) is 12.1. The Morgan fingerprint density at radius 2 is 1.94 bits per heavy atom. The molecule has 0 aromatic carbocycles. The predicted octanol–water partition coefficient (Wildman–Crippen LogP) is -1.20. The first-order valence-corrected chi connectivity index (χ1v) is 5.25. The summed E-state index contributed by atoms with van der Waals surface area (Å²) < 4.78 is 34.2. The van der Waals surface area contributed by atoms with E-state index in [9.17, 15) is 18.0 Å². The van der Waals surface area contributed by atoms with E-state index in [2.05, 4.69) is 11.3 Å². The van der Waals surface area contributed by atoms with Gasteiger partial charge in [0.05, 0.1) is 6.42 Å². The van der Waals surface area contributed by atoms with Gasteiger partial charge in [0, 0.05) is 0 Å². The first-order chi connectivity index (χ1) is 6.79. The molecule has 0 saturated carbocycles. The van der Waals surface area contributed by atoms with Crippen molar-refractivity contribution in [1.82, 2.24) is 0 Å². The average Bonchev–Trinajstić information content (AvgIpc) is 2.08. The molecule has 0 aliphatic heterocycles. The monoisotopic (exact) mass is 262 g/mol. The van der Waals surface area contributed by atoms with Crippen LogP contribution in [0.15, 0.2) is 12.7 Å². The number of rotatable bonds is 6. The number of carbonyl (C=O) groups excluding carboxylic acids is 1. The minimum absolute atomic E-state index is 0. The van der Waals surface area contributed by atoms with Gasteiger partial charge in [0.2, 0.25) is 0 Å². The van der Waals surface area contributed by atoms with Gasteiger partial charge in [-0.05, 0) is 0 Å².